The molecule has 0 aromatic heterocycles. The molecular formula is C24H33N2O3+. The maximum Gasteiger partial charge on any atom is 0.278 e. The first-order chi connectivity index (χ1) is 14.1. The molecule has 2 aromatic rings. The highest BCUT2D eigenvalue weighted by atomic mass is 16.5. The smallest absolute Gasteiger partial charge is 0.278 e. The molecule has 0 bridgehead atoms. The summed E-state index contributed by atoms with van der Waals surface area (Å²) in [7, 11) is 3.24. The van der Waals surface area contributed by atoms with Gasteiger partial charge < -0.3 is 19.7 Å². The van der Waals surface area contributed by atoms with Crippen LogP contribution in [-0.2, 0) is 17.8 Å². The van der Waals surface area contributed by atoms with Crippen LogP contribution >= 0.6 is 0 Å². The number of piperidine rings is 1. The summed E-state index contributed by atoms with van der Waals surface area (Å²) in [5.41, 5.74) is 2.42. The van der Waals surface area contributed by atoms with Crippen molar-refractivity contribution in [3.05, 3.63) is 59.7 Å². The Labute approximate surface area is 174 Å². The average Bonchev–Trinajstić information content (AvgIpc) is 2.78. The van der Waals surface area contributed by atoms with Gasteiger partial charge in [-0.05, 0) is 55.4 Å². The number of rotatable bonds is 8. The van der Waals surface area contributed by atoms with E-state index in [1.807, 2.05) is 25.1 Å². The number of quaternary nitrogens is 1. The van der Waals surface area contributed by atoms with Gasteiger partial charge in [-0.25, -0.2) is 0 Å². The lowest BCUT2D eigenvalue weighted by molar-refractivity contribution is -0.920. The van der Waals surface area contributed by atoms with Crippen LogP contribution in [0.3, 0.4) is 0 Å². The minimum atomic E-state index is -0.0344. The maximum absolute atomic E-state index is 12.7. The largest absolute Gasteiger partial charge is 0.493 e. The molecule has 0 spiro atoms. The van der Waals surface area contributed by atoms with Gasteiger partial charge in [0, 0.05) is 6.54 Å². The molecule has 1 amide bonds. The fourth-order valence-electron chi connectivity index (χ4n) is 4.15. The van der Waals surface area contributed by atoms with Crippen LogP contribution in [0, 0.1) is 5.92 Å². The van der Waals surface area contributed by atoms with Gasteiger partial charge in [-0.15, -0.1) is 0 Å². The summed E-state index contributed by atoms with van der Waals surface area (Å²) in [6.07, 6.45) is 3.50. The topological polar surface area (TPSA) is 52.0 Å². The van der Waals surface area contributed by atoms with E-state index < -0.39 is 0 Å². The Morgan fingerprint density at radius 2 is 1.72 bits per heavy atom. The standard InChI is InChI=1S/C24H32N2O3/c1-18(24(27)25-17-21-9-10-22(28-2)23(16-21)29-3)26-13-11-20(12-14-26)15-19-7-5-4-6-8-19/h4-10,16,18,20H,11-15,17H2,1-3H3,(H,25,27)/p+1/t18-/m1/s1. The average molecular weight is 398 g/mol. The SMILES string of the molecule is COc1ccc(CNC(=O)[C@@H](C)[NH+]2CCC(Cc3ccccc3)CC2)cc1OC. The monoisotopic (exact) mass is 397 g/mol. The Balaban J connectivity index is 1.46. The van der Waals surface area contributed by atoms with E-state index in [0.717, 1.165) is 31.0 Å². The van der Waals surface area contributed by atoms with Crippen molar-refractivity contribution in [2.45, 2.75) is 38.8 Å². The van der Waals surface area contributed by atoms with Crippen LogP contribution in [-0.4, -0.2) is 39.3 Å². The second-order valence-corrected chi connectivity index (χ2v) is 7.92. The molecule has 2 N–H and O–H groups in total. The molecule has 3 rings (SSSR count). The Kier molecular flexibility index (Phi) is 7.53. The first-order valence-electron chi connectivity index (χ1n) is 10.5. The van der Waals surface area contributed by atoms with Crippen molar-refractivity contribution >= 4 is 5.91 Å². The summed E-state index contributed by atoms with van der Waals surface area (Å²) >= 11 is 0. The molecule has 0 unspecified atom stereocenters. The molecule has 1 aliphatic rings. The normalized spacial score (nSPS) is 20.0. The highest BCUT2D eigenvalue weighted by Crippen LogP contribution is 2.27. The number of likely N-dealkylation sites (tertiary alicyclic amines) is 1. The number of carbonyl (C=O) groups excluding carboxylic acids is 1. The lowest BCUT2D eigenvalue weighted by Gasteiger charge is -2.32. The summed E-state index contributed by atoms with van der Waals surface area (Å²) < 4.78 is 10.6. The summed E-state index contributed by atoms with van der Waals surface area (Å²) in [5.74, 6) is 2.21. The van der Waals surface area contributed by atoms with Crippen LogP contribution in [0.25, 0.3) is 0 Å². The molecule has 2 aromatic carbocycles. The molecule has 0 aliphatic carbocycles. The van der Waals surface area contributed by atoms with Gasteiger partial charge in [-0.1, -0.05) is 36.4 Å². The predicted octanol–water partition coefficient (Wildman–Crippen LogP) is 2.25. The van der Waals surface area contributed by atoms with Crippen molar-refractivity contribution in [3.63, 3.8) is 0 Å². The lowest BCUT2D eigenvalue weighted by atomic mass is 9.89. The second kappa shape index (κ2) is 10.3. The minimum Gasteiger partial charge on any atom is -0.493 e. The minimum absolute atomic E-state index is 0.0344. The number of ether oxygens (including phenoxy) is 2. The van der Waals surface area contributed by atoms with Crippen LogP contribution in [0.4, 0.5) is 0 Å². The first-order valence-corrected chi connectivity index (χ1v) is 10.5. The third-order valence-corrected chi connectivity index (χ3v) is 6.03. The number of benzene rings is 2. The molecule has 1 atom stereocenters. The third-order valence-electron chi connectivity index (χ3n) is 6.03. The van der Waals surface area contributed by atoms with E-state index in [9.17, 15) is 4.79 Å². The molecule has 1 fully saturated rings. The van der Waals surface area contributed by atoms with E-state index in [1.54, 1.807) is 14.2 Å². The van der Waals surface area contributed by atoms with Gasteiger partial charge in [0.05, 0.1) is 27.3 Å². The molecule has 156 valence electrons. The number of methoxy groups -OCH3 is 2. The third kappa shape index (κ3) is 5.73. The van der Waals surface area contributed by atoms with Crippen molar-refractivity contribution in [3.8, 4) is 11.5 Å². The van der Waals surface area contributed by atoms with Crippen LogP contribution in [0.15, 0.2) is 48.5 Å². The number of nitrogens with one attached hydrogen (secondary N) is 2. The quantitative estimate of drug-likeness (QED) is 0.718. The van der Waals surface area contributed by atoms with Crippen LogP contribution in [0.5, 0.6) is 11.5 Å². The van der Waals surface area contributed by atoms with E-state index in [1.165, 1.54) is 23.3 Å². The molecule has 0 saturated carbocycles. The fraction of sp³-hybridized carbons (Fsp3) is 0.458. The predicted molar refractivity (Wildman–Crippen MR) is 114 cm³/mol. The molecule has 5 heteroatoms. The summed E-state index contributed by atoms with van der Waals surface area (Å²) in [4.78, 5) is 14.1. The van der Waals surface area contributed by atoms with Gasteiger partial charge in [0.15, 0.2) is 17.5 Å². The Morgan fingerprint density at radius 3 is 2.38 bits per heavy atom. The second-order valence-electron chi connectivity index (χ2n) is 7.92. The Bertz CT molecular complexity index is 786. The number of amides is 1. The summed E-state index contributed by atoms with van der Waals surface area (Å²) in [6, 6.07) is 16.4. The highest BCUT2D eigenvalue weighted by molar-refractivity contribution is 5.79. The molecular weight excluding hydrogens is 364 g/mol. The molecule has 5 nitrogen and oxygen atoms in total. The first kappa shape index (κ1) is 21.2. The lowest BCUT2D eigenvalue weighted by Crippen LogP contribution is -3.17. The molecule has 29 heavy (non-hydrogen) atoms. The van der Waals surface area contributed by atoms with E-state index in [4.69, 9.17) is 9.47 Å². The Hall–Kier alpha value is -2.53. The number of hydrogen-bond donors (Lipinski definition) is 2. The van der Waals surface area contributed by atoms with Crippen molar-refractivity contribution in [1.29, 1.82) is 0 Å². The van der Waals surface area contributed by atoms with Crippen LogP contribution in [0.2, 0.25) is 0 Å². The fourth-order valence-corrected chi connectivity index (χ4v) is 4.15. The number of carbonyl (C=O) groups is 1. The zero-order valence-electron chi connectivity index (χ0n) is 17.7. The van der Waals surface area contributed by atoms with Gasteiger partial charge in [0.1, 0.15) is 0 Å². The van der Waals surface area contributed by atoms with E-state index in [2.05, 4.69) is 35.6 Å². The molecule has 1 heterocycles. The van der Waals surface area contributed by atoms with Gasteiger partial charge in [0.25, 0.3) is 5.91 Å². The summed E-state index contributed by atoms with van der Waals surface area (Å²) in [6.45, 7) is 4.65. The number of hydrogen-bond acceptors (Lipinski definition) is 3. The van der Waals surface area contributed by atoms with Crippen molar-refractivity contribution < 1.29 is 19.2 Å². The summed E-state index contributed by atoms with van der Waals surface area (Å²) in [5, 5.41) is 3.08. The van der Waals surface area contributed by atoms with Crippen molar-refractivity contribution in [1.82, 2.24) is 5.32 Å². The van der Waals surface area contributed by atoms with E-state index in [-0.39, 0.29) is 11.9 Å². The van der Waals surface area contributed by atoms with Gasteiger partial charge >= 0.3 is 0 Å². The van der Waals surface area contributed by atoms with Crippen molar-refractivity contribution in [2.75, 3.05) is 27.3 Å². The molecule has 1 saturated heterocycles. The molecule has 0 radical (unpaired) electrons. The van der Waals surface area contributed by atoms with Gasteiger partial charge in [0.2, 0.25) is 0 Å². The van der Waals surface area contributed by atoms with E-state index >= 15 is 0 Å². The van der Waals surface area contributed by atoms with Crippen molar-refractivity contribution in [2.24, 2.45) is 5.92 Å². The van der Waals surface area contributed by atoms with Crippen LogP contribution in [0.1, 0.15) is 30.9 Å². The zero-order valence-corrected chi connectivity index (χ0v) is 17.7. The molecule has 1 aliphatic heterocycles. The Morgan fingerprint density at radius 1 is 1.03 bits per heavy atom. The maximum atomic E-state index is 12.7. The van der Waals surface area contributed by atoms with Gasteiger partial charge in [-0.2, -0.15) is 0 Å². The zero-order chi connectivity index (χ0) is 20.6. The highest BCUT2D eigenvalue weighted by Gasteiger charge is 2.30. The van der Waals surface area contributed by atoms with Gasteiger partial charge in [-0.3, -0.25) is 4.79 Å². The van der Waals surface area contributed by atoms with E-state index in [0.29, 0.717) is 18.0 Å². The van der Waals surface area contributed by atoms with Crippen LogP contribution < -0.4 is 19.7 Å².